The lowest BCUT2D eigenvalue weighted by Crippen LogP contribution is -2.34. The Morgan fingerprint density at radius 1 is 0.714 bits per heavy atom. The largest absolute Gasteiger partial charge is 0.397 e. The van der Waals surface area contributed by atoms with Crippen molar-refractivity contribution in [2.45, 2.75) is 51.7 Å². The molecular weight excluding hydrogens is 516 g/mol. The number of anilines is 2. The first-order valence-corrected chi connectivity index (χ1v) is 15.4. The molecule has 6 rings (SSSR count). The number of nitrogen functional groups attached to an aromatic ring is 1. The standard InChI is InChI=1S/C37H42N4O/c38-24-29-8-4-9-30(21-29)25-41(37(42)32-12-13-32)26-31-10-5-11-33(22-31)34-14-15-36(35(39)23-34)40-18-16-28(17-19-40)20-27-6-2-1-3-7-27/h1-11,14-15,21-23,28,32H,12-13,16-20,24-26,38-39H2. The molecule has 1 aliphatic carbocycles. The summed E-state index contributed by atoms with van der Waals surface area (Å²) >= 11 is 0. The van der Waals surface area contributed by atoms with E-state index in [1.807, 2.05) is 17.0 Å². The van der Waals surface area contributed by atoms with Gasteiger partial charge in [0.25, 0.3) is 0 Å². The molecular formula is C37H42N4O. The Bertz CT molecular complexity index is 1510. The molecule has 42 heavy (non-hydrogen) atoms. The molecule has 0 spiro atoms. The molecule has 4 aromatic rings. The lowest BCUT2D eigenvalue weighted by molar-refractivity contribution is -0.133. The zero-order chi connectivity index (χ0) is 28.9. The van der Waals surface area contributed by atoms with Crippen LogP contribution in [-0.2, 0) is 30.8 Å². The third-order valence-electron chi connectivity index (χ3n) is 8.82. The summed E-state index contributed by atoms with van der Waals surface area (Å²) in [6.07, 6.45) is 5.52. The number of hydrogen-bond acceptors (Lipinski definition) is 4. The van der Waals surface area contributed by atoms with Crippen molar-refractivity contribution in [1.29, 1.82) is 0 Å². The minimum absolute atomic E-state index is 0.168. The topological polar surface area (TPSA) is 75.6 Å². The van der Waals surface area contributed by atoms with Crippen LogP contribution in [0, 0.1) is 11.8 Å². The number of hydrogen-bond donors (Lipinski definition) is 2. The molecule has 0 aromatic heterocycles. The SMILES string of the molecule is NCc1cccc(CN(Cc2cccc(-c3ccc(N4CCC(Cc5ccccc5)CC4)c(N)c3)c2)C(=O)C2CC2)c1. The van der Waals surface area contributed by atoms with Gasteiger partial charge in [-0.2, -0.15) is 0 Å². The molecule has 0 radical (unpaired) electrons. The molecule has 1 saturated heterocycles. The number of carbonyl (C=O) groups is 1. The van der Waals surface area contributed by atoms with Gasteiger partial charge >= 0.3 is 0 Å². The Morgan fingerprint density at radius 2 is 1.36 bits per heavy atom. The molecule has 1 aliphatic heterocycles. The molecule has 4 N–H and O–H groups in total. The first-order chi connectivity index (χ1) is 20.6. The van der Waals surface area contributed by atoms with Gasteiger partial charge in [-0.1, -0.05) is 78.9 Å². The number of nitrogens with two attached hydrogens (primary N) is 2. The van der Waals surface area contributed by atoms with Gasteiger partial charge in [-0.3, -0.25) is 4.79 Å². The van der Waals surface area contributed by atoms with E-state index in [4.69, 9.17) is 11.5 Å². The van der Waals surface area contributed by atoms with Crippen molar-refractivity contribution in [3.63, 3.8) is 0 Å². The van der Waals surface area contributed by atoms with Gasteiger partial charge in [0.2, 0.25) is 5.91 Å². The second kappa shape index (κ2) is 12.8. The molecule has 216 valence electrons. The maximum atomic E-state index is 13.2. The first-order valence-electron chi connectivity index (χ1n) is 15.4. The fourth-order valence-corrected chi connectivity index (χ4v) is 6.29. The summed E-state index contributed by atoms with van der Waals surface area (Å²) < 4.78 is 0. The number of nitrogens with zero attached hydrogens (tertiary/aromatic N) is 2. The van der Waals surface area contributed by atoms with Crippen molar-refractivity contribution in [2.24, 2.45) is 17.6 Å². The quantitative estimate of drug-likeness (QED) is 0.210. The van der Waals surface area contributed by atoms with Crippen LogP contribution in [0.4, 0.5) is 11.4 Å². The summed E-state index contributed by atoms with van der Waals surface area (Å²) in [6, 6.07) is 34.1. The average molecular weight is 559 g/mol. The zero-order valence-corrected chi connectivity index (χ0v) is 24.4. The molecule has 5 nitrogen and oxygen atoms in total. The second-order valence-electron chi connectivity index (χ2n) is 12.1. The van der Waals surface area contributed by atoms with Gasteiger partial charge in [-0.05, 0) is 89.6 Å². The van der Waals surface area contributed by atoms with Crippen molar-refractivity contribution in [3.8, 4) is 11.1 Å². The molecule has 1 heterocycles. The third-order valence-corrected chi connectivity index (χ3v) is 8.82. The summed E-state index contributed by atoms with van der Waals surface area (Å²) in [5.74, 6) is 1.14. The average Bonchev–Trinajstić information content (AvgIpc) is 3.88. The van der Waals surface area contributed by atoms with Crippen LogP contribution < -0.4 is 16.4 Å². The Kier molecular flexibility index (Phi) is 8.57. The number of piperidine rings is 1. The van der Waals surface area contributed by atoms with E-state index in [0.717, 1.165) is 77.5 Å². The van der Waals surface area contributed by atoms with Crippen LogP contribution in [0.2, 0.25) is 0 Å². The summed E-state index contributed by atoms with van der Waals surface area (Å²) in [4.78, 5) is 17.7. The van der Waals surface area contributed by atoms with Crippen LogP contribution in [0.25, 0.3) is 11.1 Å². The molecule has 5 heteroatoms. The van der Waals surface area contributed by atoms with E-state index in [1.165, 1.54) is 18.4 Å². The van der Waals surface area contributed by atoms with E-state index in [2.05, 4.69) is 89.8 Å². The first kappa shape index (κ1) is 28.0. The molecule has 2 fully saturated rings. The van der Waals surface area contributed by atoms with Crippen LogP contribution in [0.1, 0.15) is 47.9 Å². The Labute approximate surface area is 250 Å². The predicted molar refractivity (Wildman–Crippen MR) is 173 cm³/mol. The van der Waals surface area contributed by atoms with Gasteiger partial charge in [0.05, 0.1) is 11.4 Å². The molecule has 1 saturated carbocycles. The number of carbonyl (C=O) groups excluding carboxylic acids is 1. The Hall–Kier alpha value is -4.09. The minimum atomic E-state index is 0.168. The maximum Gasteiger partial charge on any atom is 0.226 e. The fourth-order valence-electron chi connectivity index (χ4n) is 6.29. The van der Waals surface area contributed by atoms with Crippen molar-refractivity contribution in [3.05, 3.63) is 119 Å². The molecule has 0 unspecified atom stereocenters. The number of rotatable bonds is 10. The van der Waals surface area contributed by atoms with Gasteiger partial charge in [0.15, 0.2) is 0 Å². The molecule has 0 atom stereocenters. The van der Waals surface area contributed by atoms with Gasteiger partial charge in [-0.25, -0.2) is 0 Å². The molecule has 4 aromatic carbocycles. The van der Waals surface area contributed by atoms with E-state index in [9.17, 15) is 4.79 Å². The van der Waals surface area contributed by atoms with Crippen LogP contribution in [-0.4, -0.2) is 23.9 Å². The lowest BCUT2D eigenvalue weighted by Gasteiger charge is -2.34. The van der Waals surface area contributed by atoms with Crippen molar-refractivity contribution in [1.82, 2.24) is 4.90 Å². The molecule has 1 amide bonds. The van der Waals surface area contributed by atoms with Crippen molar-refractivity contribution < 1.29 is 4.79 Å². The van der Waals surface area contributed by atoms with Crippen LogP contribution >= 0.6 is 0 Å². The minimum Gasteiger partial charge on any atom is -0.397 e. The highest BCUT2D eigenvalue weighted by Gasteiger charge is 2.33. The maximum absolute atomic E-state index is 13.2. The van der Waals surface area contributed by atoms with Crippen LogP contribution in [0.15, 0.2) is 97.1 Å². The number of benzene rings is 4. The fraction of sp³-hybridized carbons (Fsp3) is 0.324. The van der Waals surface area contributed by atoms with Crippen LogP contribution in [0.5, 0.6) is 0 Å². The monoisotopic (exact) mass is 558 g/mol. The van der Waals surface area contributed by atoms with Crippen LogP contribution in [0.3, 0.4) is 0 Å². The molecule has 0 bridgehead atoms. The molecule has 2 aliphatic rings. The summed E-state index contributed by atoms with van der Waals surface area (Å²) in [6.45, 7) is 3.75. The normalized spacial score (nSPS) is 15.5. The van der Waals surface area contributed by atoms with E-state index >= 15 is 0 Å². The lowest BCUT2D eigenvalue weighted by atomic mass is 9.90. The summed E-state index contributed by atoms with van der Waals surface area (Å²) in [7, 11) is 0. The smallest absolute Gasteiger partial charge is 0.226 e. The third kappa shape index (κ3) is 6.85. The highest BCUT2D eigenvalue weighted by molar-refractivity contribution is 5.81. The highest BCUT2D eigenvalue weighted by atomic mass is 16.2. The number of amides is 1. The van der Waals surface area contributed by atoms with Crippen molar-refractivity contribution >= 4 is 17.3 Å². The van der Waals surface area contributed by atoms with Gasteiger partial charge in [-0.15, -0.1) is 0 Å². The van der Waals surface area contributed by atoms with Gasteiger partial charge in [0, 0.05) is 38.6 Å². The van der Waals surface area contributed by atoms with Crippen molar-refractivity contribution in [2.75, 3.05) is 23.7 Å². The second-order valence-corrected chi connectivity index (χ2v) is 12.1. The van der Waals surface area contributed by atoms with Gasteiger partial charge in [0.1, 0.15) is 0 Å². The Morgan fingerprint density at radius 3 is 2.05 bits per heavy atom. The Balaban J connectivity index is 1.13. The van der Waals surface area contributed by atoms with E-state index in [0.29, 0.717) is 19.6 Å². The van der Waals surface area contributed by atoms with E-state index in [-0.39, 0.29) is 11.8 Å². The predicted octanol–water partition coefficient (Wildman–Crippen LogP) is 6.79. The highest BCUT2D eigenvalue weighted by Crippen LogP contribution is 2.34. The summed E-state index contributed by atoms with van der Waals surface area (Å²) in [5, 5.41) is 0. The zero-order valence-electron chi connectivity index (χ0n) is 24.4. The summed E-state index contributed by atoms with van der Waals surface area (Å²) in [5.41, 5.74) is 21.5. The van der Waals surface area contributed by atoms with E-state index < -0.39 is 0 Å². The van der Waals surface area contributed by atoms with E-state index in [1.54, 1.807) is 0 Å². The van der Waals surface area contributed by atoms with Gasteiger partial charge < -0.3 is 21.3 Å².